The first-order chi connectivity index (χ1) is 9.60. The molecule has 0 radical (unpaired) electrons. The maximum absolute atomic E-state index is 11.6. The molecule has 2 aliphatic rings. The number of esters is 1. The second-order valence-electron chi connectivity index (χ2n) is 5.57. The van der Waals surface area contributed by atoms with E-state index in [-0.39, 0.29) is 17.7 Å². The molecule has 3 rings (SSSR count). The number of methoxy groups -OCH3 is 1. The Labute approximate surface area is 117 Å². The van der Waals surface area contributed by atoms with Gasteiger partial charge in [0.25, 0.3) is 0 Å². The Balaban J connectivity index is 1.85. The number of carbonyl (C=O) groups is 1. The fourth-order valence-corrected chi connectivity index (χ4v) is 3.34. The molecule has 1 aliphatic carbocycles. The lowest BCUT2D eigenvalue weighted by Crippen LogP contribution is -2.26. The van der Waals surface area contributed by atoms with Gasteiger partial charge in [-0.15, -0.1) is 0 Å². The van der Waals surface area contributed by atoms with Crippen molar-refractivity contribution < 1.29 is 14.6 Å². The molecule has 0 spiro atoms. The summed E-state index contributed by atoms with van der Waals surface area (Å²) in [6.45, 7) is 1.58. The zero-order valence-corrected chi connectivity index (χ0v) is 11.5. The van der Waals surface area contributed by atoms with Crippen LogP contribution >= 0.6 is 0 Å². The van der Waals surface area contributed by atoms with Crippen molar-refractivity contribution in [3.8, 4) is 0 Å². The van der Waals surface area contributed by atoms with Crippen molar-refractivity contribution in [2.75, 3.05) is 30.8 Å². The molecule has 1 saturated heterocycles. The largest absolute Gasteiger partial charge is 0.464 e. The van der Waals surface area contributed by atoms with Gasteiger partial charge in [0.05, 0.1) is 18.9 Å². The van der Waals surface area contributed by atoms with Gasteiger partial charge in [-0.1, -0.05) is 0 Å². The van der Waals surface area contributed by atoms with Gasteiger partial charge in [0, 0.05) is 19.0 Å². The number of carbonyl (C=O) groups excluding carboxylic acids is 1. The molecule has 20 heavy (non-hydrogen) atoms. The lowest BCUT2D eigenvalue weighted by atomic mass is 10.00. The van der Waals surface area contributed by atoms with E-state index in [9.17, 15) is 9.90 Å². The van der Waals surface area contributed by atoms with Crippen LogP contribution < -0.4 is 10.6 Å². The van der Waals surface area contributed by atoms with E-state index in [1.165, 1.54) is 7.11 Å². The van der Waals surface area contributed by atoms with Crippen LogP contribution in [0, 0.1) is 11.8 Å². The summed E-state index contributed by atoms with van der Waals surface area (Å²) in [7, 11) is 1.33. The molecule has 6 nitrogen and oxygen atoms in total. The number of rotatable bonds is 2. The minimum absolute atomic E-state index is 0.227. The fraction of sp³-hybridized carbons (Fsp3) is 0.571. The zero-order valence-electron chi connectivity index (χ0n) is 11.5. The predicted molar refractivity (Wildman–Crippen MR) is 74.4 cm³/mol. The Morgan fingerprint density at radius 2 is 2.25 bits per heavy atom. The maximum Gasteiger partial charge on any atom is 0.356 e. The van der Waals surface area contributed by atoms with Gasteiger partial charge in [0.2, 0.25) is 0 Å². The second kappa shape index (κ2) is 4.94. The van der Waals surface area contributed by atoms with E-state index in [0.717, 1.165) is 25.9 Å². The molecule has 3 N–H and O–H groups in total. The average molecular weight is 277 g/mol. The molecule has 2 fully saturated rings. The number of hydrogen-bond acceptors (Lipinski definition) is 6. The van der Waals surface area contributed by atoms with Crippen molar-refractivity contribution >= 4 is 17.5 Å². The highest BCUT2D eigenvalue weighted by atomic mass is 16.5. The van der Waals surface area contributed by atoms with Crippen LogP contribution in [-0.2, 0) is 4.74 Å². The normalized spacial score (nSPS) is 28.5. The molecule has 1 aliphatic heterocycles. The number of anilines is 2. The van der Waals surface area contributed by atoms with Gasteiger partial charge in [0.15, 0.2) is 11.5 Å². The van der Waals surface area contributed by atoms with Crippen LogP contribution in [-0.4, -0.2) is 42.4 Å². The minimum Gasteiger partial charge on any atom is -0.464 e. The van der Waals surface area contributed by atoms with E-state index in [4.69, 9.17) is 5.73 Å². The quantitative estimate of drug-likeness (QED) is 0.772. The van der Waals surface area contributed by atoms with Gasteiger partial charge in [0.1, 0.15) is 0 Å². The number of fused-ring (bicyclic) bond motifs is 1. The summed E-state index contributed by atoms with van der Waals surface area (Å²) in [5, 5.41) is 9.96. The minimum atomic E-state index is -0.467. The highest BCUT2D eigenvalue weighted by Crippen LogP contribution is 2.40. The molecule has 0 aromatic carbocycles. The molecule has 1 aromatic heterocycles. The zero-order chi connectivity index (χ0) is 14.3. The third-order valence-electron chi connectivity index (χ3n) is 4.42. The lowest BCUT2D eigenvalue weighted by molar-refractivity contribution is 0.0594. The monoisotopic (exact) mass is 277 g/mol. The molecule has 1 aromatic rings. The molecule has 108 valence electrons. The smallest absolute Gasteiger partial charge is 0.356 e. The van der Waals surface area contributed by atoms with Gasteiger partial charge >= 0.3 is 5.97 Å². The van der Waals surface area contributed by atoms with Crippen molar-refractivity contribution in [3.05, 3.63) is 17.8 Å². The number of aromatic nitrogens is 1. The first kappa shape index (κ1) is 13.2. The number of nitrogens with zero attached hydrogens (tertiary/aromatic N) is 2. The summed E-state index contributed by atoms with van der Waals surface area (Å²) in [6.07, 6.45) is 1.70. The van der Waals surface area contributed by atoms with Crippen LogP contribution in [0.25, 0.3) is 0 Å². The van der Waals surface area contributed by atoms with E-state index in [2.05, 4.69) is 14.6 Å². The summed E-state index contributed by atoms with van der Waals surface area (Å²) in [5.74, 6) is 0.936. The molecule has 2 heterocycles. The van der Waals surface area contributed by atoms with Gasteiger partial charge in [-0.3, -0.25) is 0 Å². The van der Waals surface area contributed by atoms with Crippen molar-refractivity contribution in [2.45, 2.75) is 18.9 Å². The molecular formula is C14H19N3O3. The SMILES string of the molecule is COC(=O)c1ccc(N)c(N2CC3CCC(O)C3C2)n1. The summed E-state index contributed by atoms with van der Waals surface area (Å²) >= 11 is 0. The van der Waals surface area contributed by atoms with Crippen molar-refractivity contribution in [1.29, 1.82) is 0 Å². The number of nitrogen functional groups attached to an aromatic ring is 1. The Morgan fingerprint density at radius 1 is 1.45 bits per heavy atom. The van der Waals surface area contributed by atoms with E-state index >= 15 is 0 Å². The molecule has 3 atom stereocenters. The Kier molecular flexibility index (Phi) is 3.25. The van der Waals surface area contributed by atoms with E-state index < -0.39 is 5.97 Å². The average Bonchev–Trinajstić information content (AvgIpc) is 3.01. The first-order valence-corrected chi connectivity index (χ1v) is 6.88. The molecule has 3 unspecified atom stereocenters. The highest BCUT2D eigenvalue weighted by molar-refractivity contribution is 5.88. The second-order valence-corrected chi connectivity index (χ2v) is 5.57. The summed E-state index contributed by atoms with van der Waals surface area (Å²) < 4.78 is 4.68. The number of aliphatic hydroxyl groups excluding tert-OH is 1. The van der Waals surface area contributed by atoms with Crippen molar-refractivity contribution in [1.82, 2.24) is 4.98 Å². The molecule has 6 heteroatoms. The van der Waals surface area contributed by atoms with Gasteiger partial charge in [-0.25, -0.2) is 9.78 Å². The van der Waals surface area contributed by atoms with Crippen LogP contribution in [0.3, 0.4) is 0 Å². The van der Waals surface area contributed by atoms with Gasteiger partial charge in [-0.2, -0.15) is 0 Å². The van der Waals surface area contributed by atoms with Gasteiger partial charge < -0.3 is 20.5 Å². The number of hydrogen-bond donors (Lipinski definition) is 2. The Hall–Kier alpha value is -1.82. The maximum atomic E-state index is 11.6. The number of nitrogens with two attached hydrogens (primary N) is 1. The number of ether oxygens (including phenoxy) is 1. The summed E-state index contributed by atoms with van der Waals surface area (Å²) in [4.78, 5) is 17.9. The predicted octanol–water partition coefficient (Wildman–Crippen LogP) is 0.657. The van der Waals surface area contributed by atoms with Crippen LogP contribution in [0.4, 0.5) is 11.5 Å². The van der Waals surface area contributed by atoms with Crippen LogP contribution in [0.2, 0.25) is 0 Å². The standard InChI is InChI=1S/C14H19N3O3/c1-20-14(19)11-4-3-10(15)13(16-11)17-6-8-2-5-12(18)9(8)7-17/h3-4,8-9,12,18H,2,5-7,15H2,1H3. The fourth-order valence-electron chi connectivity index (χ4n) is 3.34. The van der Waals surface area contributed by atoms with Crippen LogP contribution in [0.1, 0.15) is 23.3 Å². The Morgan fingerprint density at radius 3 is 2.95 bits per heavy atom. The summed E-state index contributed by atoms with van der Waals surface area (Å²) in [6, 6.07) is 3.25. The lowest BCUT2D eigenvalue weighted by Gasteiger charge is -2.21. The molecular weight excluding hydrogens is 258 g/mol. The molecule has 0 amide bonds. The number of aliphatic hydroxyl groups is 1. The highest BCUT2D eigenvalue weighted by Gasteiger charge is 2.42. The molecule has 0 bridgehead atoms. The van der Waals surface area contributed by atoms with E-state index in [0.29, 0.717) is 17.4 Å². The van der Waals surface area contributed by atoms with E-state index in [1.807, 2.05) is 0 Å². The summed E-state index contributed by atoms with van der Waals surface area (Å²) in [5.41, 5.74) is 6.78. The molecule has 1 saturated carbocycles. The number of pyridine rings is 1. The van der Waals surface area contributed by atoms with Crippen molar-refractivity contribution in [3.63, 3.8) is 0 Å². The van der Waals surface area contributed by atoms with Crippen LogP contribution in [0.15, 0.2) is 12.1 Å². The third kappa shape index (κ3) is 2.10. The topological polar surface area (TPSA) is 88.7 Å². The van der Waals surface area contributed by atoms with E-state index in [1.54, 1.807) is 12.1 Å². The Bertz CT molecular complexity index is 534. The van der Waals surface area contributed by atoms with Gasteiger partial charge in [-0.05, 0) is 30.9 Å². The van der Waals surface area contributed by atoms with Crippen molar-refractivity contribution in [2.24, 2.45) is 11.8 Å². The van der Waals surface area contributed by atoms with Crippen LogP contribution in [0.5, 0.6) is 0 Å². The third-order valence-corrected chi connectivity index (χ3v) is 4.42. The first-order valence-electron chi connectivity index (χ1n) is 6.88.